The topological polar surface area (TPSA) is 51.1 Å². The van der Waals surface area contributed by atoms with E-state index in [-0.39, 0.29) is 0 Å². The van der Waals surface area contributed by atoms with Crippen LogP contribution >= 0.6 is 11.3 Å². The van der Waals surface area contributed by atoms with Crippen LogP contribution < -0.4 is 0 Å². The number of piperidine rings is 1. The van der Waals surface area contributed by atoms with E-state index < -0.39 is 0 Å². The fourth-order valence-electron chi connectivity index (χ4n) is 2.98. The van der Waals surface area contributed by atoms with Gasteiger partial charge in [0.05, 0.1) is 6.61 Å². The van der Waals surface area contributed by atoms with Gasteiger partial charge in [-0.3, -0.25) is 0 Å². The summed E-state index contributed by atoms with van der Waals surface area (Å²) in [5.41, 5.74) is 2.10. The molecule has 2 aromatic rings. The second-order valence-corrected chi connectivity index (χ2v) is 6.59. The zero-order chi connectivity index (χ0) is 15.4. The molecule has 118 valence electrons. The van der Waals surface area contributed by atoms with Gasteiger partial charge in [0.2, 0.25) is 0 Å². The Hall–Kier alpha value is -1.37. The maximum atomic E-state index is 5.20. The predicted molar refractivity (Wildman–Crippen MR) is 88.2 cm³/mol. The normalized spacial score (nSPS) is 19.5. The monoisotopic (exact) mass is 318 g/mol. The fraction of sp³-hybridized carbons (Fsp3) is 0.562. The van der Waals surface area contributed by atoms with Crippen LogP contribution in [0.3, 0.4) is 0 Å². The first-order valence-electron chi connectivity index (χ1n) is 7.73. The molecule has 1 aliphatic heterocycles. The number of hydrogen-bond donors (Lipinski definition) is 0. The van der Waals surface area contributed by atoms with E-state index >= 15 is 0 Å². The van der Waals surface area contributed by atoms with Crippen LogP contribution in [0.2, 0.25) is 0 Å². The minimum absolute atomic E-state index is 0.478. The highest BCUT2D eigenvalue weighted by atomic mass is 32.1. The molecule has 3 rings (SSSR count). The van der Waals surface area contributed by atoms with Gasteiger partial charge in [0.15, 0.2) is 0 Å². The first-order valence-corrected chi connectivity index (χ1v) is 8.61. The van der Waals surface area contributed by atoms with Crippen molar-refractivity contribution in [2.45, 2.75) is 25.7 Å². The molecule has 0 radical (unpaired) electrons. The van der Waals surface area contributed by atoms with E-state index in [1.165, 1.54) is 12.8 Å². The number of hydrogen-bond acceptors (Lipinski definition) is 6. The van der Waals surface area contributed by atoms with Crippen LogP contribution in [0.15, 0.2) is 17.6 Å². The number of ether oxygens (including phenoxy) is 1. The van der Waals surface area contributed by atoms with Crippen molar-refractivity contribution in [3.63, 3.8) is 0 Å². The van der Waals surface area contributed by atoms with Crippen molar-refractivity contribution in [1.82, 2.24) is 19.9 Å². The third-order valence-corrected chi connectivity index (χ3v) is 4.84. The fourth-order valence-corrected chi connectivity index (χ4v) is 3.58. The van der Waals surface area contributed by atoms with Crippen LogP contribution in [-0.2, 0) is 4.74 Å². The Morgan fingerprint density at radius 2 is 2.32 bits per heavy atom. The zero-order valence-corrected chi connectivity index (χ0v) is 14.0. The Labute approximate surface area is 135 Å². The van der Waals surface area contributed by atoms with Crippen molar-refractivity contribution in [1.29, 1.82) is 0 Å². The van der Waals surface area contributed by atoms with Crippen molar-refractivity contribution in [2.75, 3.05) is 33.4 Å². The molecule has 2 aromatic heterocycles. The third-order valence-electron chi connectivity index (χ3n) is 4.04. The van der Waals surface area contributed by atoms with Crippen molar-refractivity contribution < 1.29 is 4.74 Å². The molecule has 1 saturated heterocycles. The molecule has 0 amide bonds. The van der Waals surface area contributed by atoms with Crippen LogP contribution in [0.25, 0.3) is 10.7 Å². The van der Waals surface area contributed by atoms with Gasteiger partial charge in [-0.15, -0.1) is 11.3 Å². The maximum Gasteiger partial charge on any atom is 0.141 e. The molecule has 3 heterocycles. The summed E-state index contributed by atoms with van der Waals surface area (Å²) in [6.45, 7) is 5.96. The predicted octanol–water partition coefficient (Wildman–Crippen LogP) is 2.73. The number of aryl methyl sites for hydroxylation is 1. The summed E-state index contributed by atoms with van der Waals surface area (Å²) in [6, 6.07) is 2.12. The van der Waals surface area contributed by atoms with E-state index in [0.29, 0.717) is 5.92 Å². The van der Waals surface area contributed by atoms with E-state index in [4.69, 9.17) is 4.74 Å². The van der Waals surface area contributed by atoms with Gasteiger partial charge in [0, 0.05) is 43.4 Å². The second-order valence-electron chi connectivity index (χ2n) is 5.70. The van der Waals surface area contributed by atoms with Crippen LogP contribution in [0.5, 0.6) is 0 Å². The molecule has 6 heteroatoms. The van der Waals surface area contributed by atoms with Gasteiger partial charge in [0.1, 0.15) is 16.5 Å². The average Bonchev–Trinajstić information content (AvgIpc) is 3.07. The standard InChI is InChI=1S/C16H22N4OS/c1-12-18-14(10-15(19-12)16-17-5-9-22-16)13-4-3-6-20(11-13)7-8-21-2/h5,9-10,13H,3-4,6-8,11H2,1-2H3/t13-/m0/s1. The molecule has 0 spiro atoms. The smallest absolute Gasteiger partial charge is 0.141 e. The highest BCUT2D eigenvalue weighted by Gasteiger charge is 2.23. The van der Waals surface area contributed by atoms with Gasteiger partial charge in [-0.25, -0.2) is 15.0 Å². The van der Waals surface area contributed by atoms with Gasteiger partial charge in [-0.05, 0) is 32.4 Å². The molecule has 5 nitrogen and oxygen atoms in total. The summed E-state index contributed by atoms with van der Waals surface area (Å²) in [4.78, 5) is 16.1. The van der Waals surface area contributed by atoms with E-state index in [9.17, 15) is 0 Å². The minimum Gasteiger partial charge on any atom is -0.383 e. The van der Waals surface area contributed by atoms with Crippen molar-refractivity contribution in [2.24, 2.45) is 0 Å². The Kier molecular flexibility index (Phi) is 5.12. The van der Waals surface area contributed by atoms with Gasteiger partial charge in [-0.2, -0.15) is 0 Å². The van der Waals surface area contributed by atoms with E-state index in [0.717, 1.165) is 48.5 Å². The first kappa shape index (κ1) is 15.5. The van der Waals surface area contributed by atoms with Crippen LogP contribution in [-0.4, -0.2) is 53.2 Å². The number of likely N-dealkylation sites (tertiary alicyclic amines) is 1. The average molecular weight is 318 g/mol. The number of thiazole rings is 1. The lowest BCUT2D eigenvalue weighted by molar-refractivity contribution is 0.127. The van der Waals surface area contributed by atoms with Gasteiger partial charge < -0.3 is 9.64 Å². The summed E-state index contributed by atoms with van der Waals surface area (Å²) in [7, 11) is 1.76. The number of methoxy groups -OCH3 is 1. The summed E-state index contributed by atoms with van der Waals surface area (Å²) in [5, 5.41) is 2.96. The Balaban J connectivity index is 1.79. The van der Waals surface area contributed by atoms with Gasteiger partial charge in [-0.1, -0.05) is 0 Å². The molecule has 1 fully saturated rings. The van der Waals surface area contributed by atoms with E-state index in [1.54, 1.807) is 18.4 Å². The molecule has 0 aliphatic carbocycles. The molecular weight excluding hydrogens is 296 g/mol. The van der Waals surface area contributed by atoms with Gasteiger partial charge >= 0.3 is 0 Å². The molecule has 0 N–H and O–H groups in total. The lowest BCUT2D eigenvalue weighted by Crippen LogP contribution is -2.36. The number of aromatic nitrogens is 3. The SMILES string of the molecule is COCCN1CCC[C@H](c2cc(-c3nccs3)nc(C)n2)C1. The highest BCUT2D eigenvalue weighted by molar-refractivity contribution is 7.13. The van der Waals surface area contributed by atoms with Crippen molar-refractivity contribution in [3.8, 4) is 10.7 Å². The van der Waals surface area contributed by atoms with Crippen LogP contribution in [0, 0.1) is 6.92 Å². The summed E-state index contributed by atoms with van der Waals surface area (Å²) < 4.78 is 5.20. The molecular formula is C16H22N4OS. The Bertz CT molecular complexity index is 602. The summed E-state index contributed by atoms with van der Waals surface area (Å²) >= 11 is 1.62. The van der Waals surface area contributed by atoms with E-state index in [1.807, 2.05) is 18.5 Å². The first-order chi connectivity index (χ1) is 10.8. The third kappa shape index (κ3) is 3.69. The zero-order valence-electron chi connectivity index (χ0n) is 13.2. The molecule has 1 atom stereocenters. The van der Waals surface area contributed by atoms with Crippen molar-refractivity contribution in [3.05, 3.63) is 29.2 Å². The largest absolute Gasteiger partial charge is 0.383 e. The van der Waals surface area contributed by atoms with Crippen molar-refractivity contribution >= 4 is 11.3 Å². The number of rotatable bonds is 5. The molecule has 0 unspecified atom stereocenters. The molecule has 0 bridgehead atoms. The second kappa shape index (κ2) is 7.26. The quantitative estimate of drug-likeness (QED) is 0.848. The molecule has 0 saturated carbocycles. The minimum atomic E-state index is 0.478. The Morgan fingerprint density at radius 3 is 3.09 bits per heavy atom. The lowest BCUT2D eigenvalue weighted by Gasteiger charge is -2.32. The molecule has 1 aliphatic rings. The van der Waals surface area contributed by atoms with Gasteiger partial charge in [0.25, 0.3) is 0 Å². The lowest BCUT2D eigenvalue weighted by atomic mass is 9.94. The van der Waals surface area contributed by atoms with Crippen LogP contribution in [0.4, 0.5) is 0 Å². The maximum absolute atomic E-state index is 5.20. The summed E-state index contributed by atoms with van der Waals surface area (Å²) in [5.74, 6) is 1.31. The highest BCUT2D eigenvalue weighted by Crippen LogP contribution is 2.28. The molecule has 0 aromatic carbocycles. The Morgan fingerprint density at radius 1 is 1.41 bits per heavy atom. The van der Waals surface area contributed by atoms with Crippen LogP contribution in [0.1, 0.15) is 30.3 Å². The molecule has 22 heavy (non-hydrogen) atoms. The van der Waals surface area contributed by atoms with E-state index in [2.05, 4.69) is 25.9 Å². The summed E-state index contributed by atoms with van der Waals surface area (Å²) in [6.07, 6.45) is 4.23. The number of nitrogens with zero attached hydrogens (tertiary/aromatic N) is 4.